The summed E-state index contributed by atoms with van der Waals surface area (Å²) in [6.07, 6.45) is 3.93. The number of hydrogen-bond acceptors (Lipinski definition) is 3. The van der Waals surface area contributed by atoms with Gasteiger partial charge in [0.15, 0.2) is 0 Å². The fourth-order valence-corrected chi connectivity index (χ4v) is 2.71. The Hall–Kier alpha value is -2.69. The minimum absolute atomic E-state index is 0.165. The van der Waals surface area contributed by atoms with E-state index in [1.54, 1.807) is 41.8 Å². The SMILES string of the molecule is CCCCc1nc2ccc(F)cn2c1C(=O)c1ccc(OC)cc1. The number of rotatable bonds is 6. The number of benzene rings is 1. The Morgan fingerprint density at radius 1 is 1.21 bits per heavy atom. The van der Waals surface area contributed by atoms with Gasteiger partial charge in [0.1, 0.15) is 22.9 Å². The van der Waals surface area contributed by atoms with Gasteiger partial charge in [0.2, 0.25) is 5.78 Å². The normalized spacial score (nSPS) is 11.0. The Morgan fingerprint density at radius 3 is 2.62 bits per heavy atom. The molecule has 1 aromatic carbocycles. The van der Waals surface area contributed by atoms with E-state index in [-0.39, 0.29) is 5.78 Å². The first-order valence-electron chi connectivity index (χ1n) is 7.99. The summed E-state index contributed by atoms with van der Waals surface area (Å²) in [6.45, 7) is 2.08. The lowest BCUT2D eigenvalue weighted by atomic mass is 10.0. The number of nitrogens with zero attached hydrogens (tertiary/aromatic N) is 2. The summed E-state index contributed by atoms with van der Waals surface area (Å²) in [5.74, 6) is 0.120. The predicted molar refractivity (Wildman–Crippen MR) is 90.2 cm³/mol. The minimum atomic E-state index is -0.397. The van der Waals surface area contributed by atoms with E-state index in [0.717, 1.165) is 12.8 Å². The van der Waals surface area contributed by atoms with E-state index < -0.39 is 5.82 Å². The molecule has 0 saturated heterocycles. The first-order valence-corrected chi connectivity index (χ1v) is 7.99. The smallest absolute Gasteiger partial charge is 0.211 e. The number of carbonyl (C=O) groups is 1. The number of aryl methyl sites for hydroxylation is 1. The summed E-state index contributed by atoms with van der Waals surface area (Å²) in [5.41, 5.74) is 2.25. The highest BCUT2D eigenvalue weighted by Gasteiger charge is 2.20. The van der Waals surface area contributed by atoms with E-state index >= 15 is 0 Å². The van der Waals surface area contributed by atoms with Gasteiger partial charge in [-0.2, -0.15) is 0 Å². The molecule has 0 fully saturated rings. The first kappa shape index (κ1) is 16.2. The number of fused-ring (bicyclic) bond motifs is 1. The van der Waals surface area contributed by atoms with Gasteiger partial charge in [-0.3, -0.25) is 9.20 Å². The van der Waals surface area contributed by atoms with Crippen LogP contribution in [0.2, 0.25) is 0 Å². The standard InChI is InChI=1S/C19H19FN2O2/c1-3-4-5-16-18(22-12-14(20)8-11-17(22)21-16)19(23)13-6-9-15(24-2)10-7-13/h6-12H,3-5H2,1-2H3. The van der Waals surface area contributed by atoms with Crippen molar-refractivity contribution >= 4 is 11.4 Å². The van der Waals surface area contributed by atoms with Crippen LogP contribution in [0.3, 0.4) is 0 Å². The van der Waals surface area contributed by atoms with E-state index in [9.17, 15) is 9.18 Å². The molecule has 0 aliphatic carbocycles. The van der Waals surface area contributed by atoms with Crippen LogP contribution in [0.4, 0.5) is 4.39 Å². The molecule has 0 amide bonds. The van der Waals surface area contributed by atoms with Crippen molar-refractivity contribution in [3.8, 4) is 5.75 Å². The van der Waals surface area contributed by atoms with Crippen LogP contribution in [-0.4, -0.2) is 22.3 Å². The number of unbranched alkanes of at least 4 members (excludes halogenated alkanes) is 1. The van der Waals surface area contributed by atoms with Crippen molar-refractivity contribution in [1.82, 2.24) is 9.38 Å². The molecule has 2 aromatic heterocycles. The second kappa shape index (κ2) is 6.83. The van der Waals surface area contributed by atoms with Crippen LogP contribution >= 0.6 is 0 Å². The average molecular weight is 326 g/mol. The molecule has 0 unspecified atom stereocenters. The van der Waals surface area contributed by atoms with Crippen LogP contribution in [0.15, 0.2) is 42.6 Å². The zero-order valence-electron chi connectivity index (χ0n) is 13.8. The van der Waals surface area contributed by atoms with Crippen LogP contribution in [0.25, 0.3) is 5.65 Å². The van der Waals surface area contributed by atoms with Crippen molar-refractivity contribution in [2.45, 2.75) is 26.2 Å². The van der Waals surface area contributed by atoms with Crippen molar-refractivity contribution in [3.05, 3.63) is 65.4 Å². The third kappa shape index (κ3) is 3.02. The summed E-state index contributed by atoms with van der Waals surface area (Å²) in [5, 5.41) is 0. The highest BCUT2D eigenvalue weighted by molar-refractivity contribution is 6.09. The molecule has 0 spiro atoms. The molecular weight excluding hydrogens is 307 g/mol. The Kier molecular flexibility index (Phi) is 4.60. The number of ether oxygens (including phenoxy) is 1. The number of ketones is 1. The summed E-state index contributed by atoms with van der Waals surface area (Å²) >= 11 is 0. The average Bonchev–Trinajstić information content (AvgIpc) is 2.96. The topological polar surface area (TPSA) is 43.6 Å². The largest absolute Gasteiger partial charge is 0.497 e. The number of methoxy groups -OCH3 is 1. The van der Waals surface area contributed by atoms with Crippen LogP contribution in [0, 0.1) is 5.82 Å². The summed E-state index contributed by atoms with van der Waals surface area (Å²) in [6, 6.07) is 9.85. The van der Waals surface area contributed by atoms with Crippen LogP contribution in [0.5, 0.6) is 5.75 Å². The molecule has 0 saturated carbocycles. The minimum Gasteiger partial charge on any atom is -0.497 e. The number of halogens is 1. The van der Waals surface area contributed by atoms with Gasteiger partial charge in [0.25, 0.3) is 0 Å². The molecular formula is C19H19FN2O2. The van der Waals surface area contributed by atoms with Gasteiger partial charge in [-0.05, 0) is 49.2 Å². The second-order valence-corrected chi connectivity index (χ2v) is 5.64. The maximum atomic E-state index is 13.7. The highest BCUT2D eigenvalue weighted by atomic mass is 19.1. The van der Waals surface area contributed by atoms with Gasteiger partial charge in [-0.25, -0.2) is 9.37 Å². The van der Waals surface area contributed by atoms with Crippen molar-refractivity contribution in [3.63, 3.8) is 0 Å². The lowest BCUT2D eigenvalue weighted by Gasteiger charge is -2.06. The van der Waals surface area contributed by atoms with Crippen LogP contribution in [-0.2, 0) is 6.42 Å². The molecule has 3 rings (SSSR count). The molecule has 24 heavy (non-hydrogen) atoms. The van der Waals surface area contributed by atoms with Gasteiger partial charge in [-0.15, -0.1) is 0 Å². The van der Waals surface area contributed by atoms with Gasteiger partial charge in [-0.1, -0.05) is 13.3 Å². The quantitative estimate of drug-likeness (QED) is 0.642. The van der Waals surface area contributed by atoms with Gasteiger partial charge in [0, 0.05) is 11.8 Å². The van der Waals surface area contributed by atoms with Crippen molar-refractivity contribution < 1.29 is 13.9 Å². The molecule has 3 aromatic rings. The molecule has 0 N–H and O–H groups in total. The molecule has 2 heterocycles. The molecule has 5 heteroatoms. The maximum Gasteiger partial charge on any atom is 0.211 e. The number of aromatic nitrogens is 2. The lowest BCUT2D eigenvalue weighted by Crippen LogP contribution is -2.09. The molecule has 0 aliphatic rings. The maximum absolute atomic E-state index is 13.7. The molecule has 0 bridgehead atoms. The zero-order chi connectivity index (χ0) is 17.1. The summed E-state index contributed by atoms with van der Waals surface area (Å²) < 4.78 is 20.3. The van der Waals surface area contributed by atoms with E-state index in [1.165, 1.54) is 12.3 Å². The number of hydrogen-bond donors (Lipinski definition) is 0. The summed E-state index contributed by atoms with van der Waals surface area (Å²) in [4.78, 5) is 17.5. The van der Waals surface area contributed by atoms with Crippen LogP contribution in [0.1, 0.15) is 41.5 Å². The lowest BCUT2D eigenvalue weighted by molar-refractivity contribution is 0.103. The predicted octanol–water partition coefficient (Wildman–Crippen LogP) is 4.06. The zero-order valence-corrected chi connectivity index (χ0v) is 13.8. The molecule has 0 aliphatic heterocycles. The van der Waals surface area contributed by atoms with E-state index in [4.69, 9.17) is 4.74 Å². The van der Waals surface area contributed by atoms with Crippen LogP contribution < -0.4 is 4.74 Å². The van der Waals surface area contributed by atoms with Gasteiger partial charge < -0.3 is 4.74 Å². The highest BCUT2D eigenvalue weighted by Crippen LogP contribution is 2.21. The van der Waals surface area contributed by atoms with Crippen molar-refractivity contribution in [1.29, 1.82) is 0 Å². The molecule has 0 radical (unpaired) electrons. The monoisotopic (exact) mass is 326 g/mol. The van der Waals surface area contributed by atoms with E-state index in [1.807, 2.05) is 0 Å². The Bertz CT molecular complexity index is 869. The Balaban J connectivity index is 2.10. The second-order valence-electron chi connectivity index (χ2n) is 5.64. The third-order valence-electron chi connectivity index (χ3n) is 3.99. The van der Waals surface area contributed by atoms with Gasteiger partial charge in [0.05, 0.1) is 12.8 Å². The Labute approximate surface area is 139 Å². The van der Waals surface area contributed by atoms with Gasteiger partial charge >= 0.3 is 0 Å². The number of carbonyl (C=O) groups excluding carboxylic acids is 1. The molecule has 0 atom stereocenters. The fraction of sp³-hybridized carbons (Fsp3) is 0.263. The molecule has 4 nitrogen and oxygen atoms in total. The first-order chi connectivity index (χ1) is 11.6. The number of pyridine rings is 1. The molecule has 124 valence electrons. The van der Waals surface area contributed by atoms with Crippen molar-refractivity contribution in [2.24, 2.45) is 0 Å². The fourth-order valence-electron chi connectivity index (χ4n) is 2.71. The van der Waals surface area contributed by atoms with Crippen molar-refractivity contribution in [2.75, 3.05) is 7.11 Å². The number of imidazole rings is 1. The van der Waals surface area contributed by atoms with E-state index in [0.29, 0.717) is 34.8 Å². The van der Waals surface area contributed by atoms with E-state index in [2.05, 4.69) is 11.9 Å². The summed E-state index contributed by atoms with van der Waals surface area (Å²) in [7, 11) is 1.58. The Morgan fingerprint density at radius 2 is 1.96 bits per heavy atom. The third-order valence-corrected chi connectivity index (χ3v) is 3.99.